The number of aromatic amines is 2. The van der Waals surface area contributed by atoms with Gasteiger partial charge in [-0.15, -0.1) is 0 Å². The zero-order valence-corrected chi connectivity index (χ0v) is 46.5. The minimum atomic E-state index is -2.57. The van der Waals surface area contributed by atoms with Gasteiger partial charge < -0.3 is 32.4 Å². The first-order chi connectivity index (χ1) is 28.8. The van der Waals surface area contributed by atoms with Crippen molar-refractivity contribution in [3.05, 3.63) is 71.4 Å². The van der Waals surface area contributed by atoms with Crippen molar-refractivity contribution < 1.29 is 31.9 Å². The van der Waals surface area contributed by atoms with Gasteiger partial charge in [0.1, 0.15) is 18.3 Å². The second-order valence-electron chi connectivity index (χ2n) is 23.9. The fraction of sp³-hybridized carbons (Fsp3) is 0.795. The van der Waals surface area contributed by atoms with E-state index in [1.165, 1.54) is 33.7 Å². The third-order valence-corrected chi connectivity index (χ3v) is 33.0. The van der Waals surface area contributed by atoms with Gasteiger partial charge in [-0.25, -0.2) is 14.3 Å². The van der Waals surface area contributed by atoms with Crippen LogP contribution in [0.25, 0.3) is 0 Å². The lowest BCUT2D eigenvalue weighted by Gasteiger charge is -2.44. The van der Waals surface area contributed by atoms with Crippen LogP contribution in [0.15, 0.2) is 43.7 Å². The lowest BCUT2D eigenvalue weighted by molar-refractivity contribution is -0.468. The SMILES string of the molecule is CC(C)(C)[Si](C)(C)OCC1OC(n2ccc(=O)[nH]c2=O)C(O[Si](C)(C)C(C)(C)C)C1C/C=[N+](/[O-])CC1OC(n2ccc(=O)[nH]c2=O)C(O[Si](C)(C)C(C)(C)C)C1O[Si](C)(C)C(C)(C)C. The van der Waals surface area contributed by atoms with Crippen LogP contribution < -0.4 is 22.5 Å². The summed E-state index contributed by atoms with van der Waals surface area (Å²) in [6.45, 7) is 42.8. The molecule has 8 atom stereocenters. The molecule has 2 aromatic rings. The van der Waals surface area contributed by atoms with Gasteiger partial charge in [-0.3, -0.25) is 28.7 Å². The molecule has 0 amide bonds. The number of nitrogens with zero attached hydrogens (tertiary/aromatic N) is 3. The van der Waals surface area contributed by atoms with Crippen molar-refractivity contribution in [2.75, 3.05) is 13.2 Å². The van der Waals surface area contributed by atoms with E-state index in [0.717, 1.165) is 4.74 Å². The first kappa shape index (κ1) is 54.1. The summed E-state index contributed by atoms with van der Waals surface area (Å²) in [5.74, 6) is -0.454. The normalized spacial score (nSPS) is 25.9. The van der Waals surface area contributed by atoms with E-state index in [9.17, 15) is 24.4 Å². The van der Waals surface area contributed by atoms with E-state index in [0.29, 0.717) is 0 Å². The number of nitrogens with one attached hydrogen (secondary N) is 2. The number of hydrogen-bond acceptors (Lipinski definition) is 11. The summed E-state index contributed by atoms with van der Waals surface area (Å²) in [7, 11) is -10.00. The van der Waals surface area contributed by atoms with E-state index in [1.54, 1.807) is 6.21 Å². The molecule has 364 valence electrons. The van der Waals surface area contributed by atoms with Crippen LogP contribution in [0.5, 0.6) is 0 Å². The number of ether oxygens (including phenoxy) is 2. The molecule has 8 unspecified atom stereocenters. The van der Waals surface area contributed by atoms with E-state index in [1.807, 2.05) is 0 Å². The van der Waals surface area contributed by atoms with Crippen LogP contribution in [-0.4, -0.2) is 107 Å². The number of hydroxylamine groups is 1. The van der Waals surface area contributed by atoms with Gasteiger partial charge >= 0.3 is 11.4 Å². The van der Waals surface area contributed by atoms with E-state index >= 15 is 0 Å². The van der Waals surface area contributed by atoms with E-state index in [-0.39, 0.29) is 39.7 Å². The summed E-state index contributed by atoms with van der Waals surface area (Å²) < 4.78 is 45.3. The minimum Gasteiger partial charge on any atom is -0.624 e. The molecule has 64 heavy (non-hydrogen) atoms. The Morgan fingerprint density at radius 3 is 1.39 bits per heavy atom. The Morgan fingerprint density at radius 1 is 0.609 bits per heavy atom. The van der Waals surface area contributed by atoms with Gasteiger partial charge in [0.05, 0.1) is 18.8 Å². The quantitative estimate of drug-likeness (QED) is 0.0586. The van der Waals surface area contributed by atoms with Crippen molar-refractivity contribution in [2.24, 2.45) is 5.92 Å². The largest absolute Gasteiger partial charge is 0.624 e. The molecule has 0 aliphatic carbocycles. The maximum Gasteiger partial charge on any atom is 0.330 e. The third kappa shape index (κ3) is 12.1. The van der Waals surface area contributed by atoms with Crippen molar-refractivity contribution in [3.8, 4) is 0 Å². The highest BCUT2D eigenvalue weighted by molar-refractivity contribution is 6.75. The molecule has 2 fully saturated rings. The summed E-state index contributed by atoms with van der Waals surface area (Å²) in [4.78, 5) is 56.0. The highest BCUT2D eigenvalue weighted by Crippen LogP contribution is 2.47. The minimum absolute atomic E-state index is 0.0974. The van der Waals surface area contributed by atoms with Crippen LogP contribution in [0.1, 0.15) is 102 Å². The van der Waals surface area contributed by atoms with Crippen LogP contribution in [-0.2, 0) is 27.2 Å². The molecular formula is C44H81N5O11Si4. The fourth-order valence-electron chi connectivity index (χ4n) is 6.75. The molecule has 0 aromatic carbocycles. The summed E-state index contributed by atoms with van der Waals surface area (Å²) in [6, 6.07) is 2.55. The molecule has 20 heteroatoms. The number of H-pyrrole nitrogens is 2. The highest BCUT2D eigenvalue weighted by atomic mass is 28.4. The average Bonchev–Trinajstić information content (AvgIpc) is 3.59. The first-order valence-electron chi connectivity index (χ1n) is 22.7. The first-order valence-corrected chi connectivity index (χ1v) is 34.3. The molecule has 0 spiro atoms. The van der Waals surface area contributed by atoms with Crippen LogP contribution in [0.3, 0.4) is 0 Å². The van der Waals surface area contributed by atoms with Gasteiger partial charge in [-0.2, -0.15) is 0 Å². The summed E-state index contributed by atoms with van der Waals surface area (Å²) >= 11 is 0. The van der Waals surface area contributed by atoms with Crippen molar-refractivity contribution in [3.63, 3.8) is 0 Å². The smallest absolute Gasteiger partial charge is 0.330 e. The molecule has 2 aliphatic rings. The van der Waals surface area contributed by atoms with Crippen molar-refractivity contribution in [2.45, 2.75) is 205 Å². The summed E-state index contributed by atoms with van der Waals surface area (Å²) in [5.41, 5.74) is -2.35. The Labute approximate surface area is 384 Å². The van der Waals surface area contributed by atoms with Gasteiger partial charge in [0.2, 0.25) is 0 Å². The van der Waals surface area contributed by atoms with Crippen molar-refractivity contribution in [1.29, 1.82) is 0 Å². The monoisotopic (exact) mass is 968 g/mol. The topological polar surface area (TPSA) is 191 Å². The van der Waals surface area contributed by atoms with Gasteiger partial charge in [0, 0.05) is 36.9 Å². The molecule has 0 radical (unpaired) electrons. The Bertz CT molecular complexity index is 2210. The molecule has 16 nitrogen and oxygen atoms in total. The highest BCUT2D eigenvalue weighted by Gasteiger charge is 2.56. The standard InChI is InChI=1S/C44H81N5O11Si4/c1-41(2,3)61(13,14)55-28-31-29(34(58-62(15,16)42(4,5)6)37(57-31)48-25-22-32(50)45-39(48)52)21-24-47(54)27-30-35(59-63(17,18)43(7,8)9)36(60-64(19,20)44(10,11)12)38(56-30)49-26-23-33(51)46-40(49)53/h22-26,29-31,34-38H,21,27-28H2,1-20H3,(H,45,50,52)(H,46,51,53)/b47-24+. The number of rotatable bonds is 15. The van der Waals surface area contributed by atoms with Gasteiger partial charge in [-0.05, 0) is 72.5 Å². The molecule has 0 saturated carbocycles. The van der Waals surface area contributed by atoms with Crippen LogP contribution in [0, 0.1) is 11.1 Å². The average molecular weight is 968 g/mol. The Balaban J connectivity index is 1.84. The second-order valence-corrected chi connectivity index (χ2v) is 43.0. The molecule has 4 rings (SSSR count). The predicted octanol–water partition coefficient (Wildman–Crippen LogP) is 7.66. The van der Waals surface area contributed by atoms with E-state index in [2.05, 4.69) is 145 Å². The Hall–Kier alpha value is -2.54. The van der Waals surface area contributed by atoms with Crippen molar-refractivity contribution in [1.82, 2.24) is 19.1 Å². The zero-order valence-electron chi connectivity index (χ0n) is 42.5. The molecule has 2 N–H and O–H groups in total. The van der Waals surface area contributed by atoms with E-state index in [4.69, 9.17) is 27.2 Å². The number of hydrogen-bond donors (Lipinski definition) is 2. The van der Waals surface area contributed by atoms with Crippen LogP contribution in [0.2, 0.25) is 72.5 Å². The lowest BCUT2D eigenvalue weighted by Crippen LogP contribution is -2.54. The maximum absolute atomic E-state index is 14.5. The summed E-state index contributed by atoms with van der Waals surface area (Å²) in [6.07, 6.45) is -1.03. The maximum atomic E-state index is 14.5. The fourth-order valence-corrected chi connectivity index (χ4v) is 11.7. The molecule has 2 aliphatic heterocycles. The second kappa shape index (κ2) is 18.9. The summed E-state index contributed by atoms with van der Waals surface area (Å²) in [5, 5.41) is 13.8. The zero-order chi connectivity index (χ0) is 49.0. The van der Waals surface area contributed by atoms with Crippen LogP contribution in [0.4, 0.5) is 0 Å². The van der Waals surface area contributed by atoms with Gasteiger partial charge in [0.15, 0.2) is 58.5 Å². The molecular weight excluding hydrogens is 887 g/mol. The molecule has 0 bridgehead atoms. The Morgan fingerprint density at radius 2 is 0.984 bits per heavy atom. The molecule has 4 heterocycles. The van der Waals surface area contributed by atoms with Crippen LogP contribution >= 0.6 is 0 Å². The molecule has 2 aromatic heterocycles. The van der Waals surface area contributed by atoms with E-state index < -0.39 is 105 Å². The van der Waals surface area contributed by atoms with Gasteiger partial charge in [0.25, 0.3) is 11.1 Å². The predicted molar refractivity (Wildman–Crippen MR) is 262 cm³/mol. The Kier molecular flexibility index (Phi) is 15.9. The molecule has 2 saturated heterocycles. The van der Waals surface area contributed by atoms with Gasteiger partial charge in [-0.1, -0.05) is 83.1 Å². The third-order valence-electron chi connectivity index (χ3n) is 15.1. The van der Waals surface area contributed by atoms with Crippen molar-refractivity contribution >= 4 is 39.5 Å². The lowest BCUT2D eigenvalue weighted by atomic mass is 9.95. The number of aromatic nitrogens is 4.